The summed E-state index contributed by atoms with van der Waals surface area (Å²) < 4.78 is 5.91. The van der Waals surface area contributed by atoms with Gasteiger partial charge in [0.2, 0.25) is 5.91 Å². The highest BCUT2D eigenvalue weighted by molar-refractivity contribution is 9.10. The topological polar surface area (TPSA) is 38.3 Å². The third-order valence-electron chi connectivity index (χ3n) is 2.26. The number of hydrogen-bond donors (Lipinski definition) is 1. The van der Waals surface area contributed by atoms with Crippen LogP contribution in [0, 0.1) is 0 Å². The van der Waals surface area contributed by atoms with Crippen LogP contribution in [0.15, 0.2) is 22.7 Å². The van der Waals surface area contributed by atoms with Gasteiger partial charge in [-0.05, 0) is 30.2 Å². The number of benzene rings is 1. The molecule has 0 spiro atoms. The fourth-order valence-corrected chi connectivity index (χ4v) is 2.19. The third kappa shape index (κ3) is 3.89. The molecule has 1 aromatic carbocycles. The second kappa shape index (κ2) is 6.87. The second-order valence-corrected chi connectivity index (χ2v) is 4.83. The minimum atomic E-state index is -0.717. The zero-order chi connectivity index (χ0) is 12.8. The molecule has 1 aromatic rings. The lowest BCUT2D eigenvalue weighted by atomic mass is 10.1. The number of carbonyl (C=O) groups is 1. The van der Waals surface area contributed by atoms with Gasteiger partial charge in [-0.1, -0.05) is 22.9 Å². The lowest BCUT2D eigenvalue weighted by molar-refractivity contribution is -0.120. The van der Waals surface area contributed by atoms with Crippen molar-refractivity contribution in [2.75, 3.05) is 13.7 Å². The molecule has 5 heteroatoms. The number of nitrogens with one attached hydrogen (secondary N) is 1. The Labute approximate surface area is 115 Å². The smallest absolute Gasteiger partial charge is 0.242 e. The average Bonchev–Trinajstić information content (AvgIpc) is 2.35. The molecule has 1 atom stereocenters. The molecule has 1 amide bonds. The van der Waals surface area contributed by atoms with Gasteiger partial charge in [0.25, 0.3) is 0 Å². The molecule has 1 unspecified atom stereocenters. The van der Waals surface area contributed by atoms with Gasteiger partial charge in [0.05, 0.1) is 7.11 Å². The van der Waals surface area contributed by atoms with Gasteiger partial charge in [-0.2, -0.15) is 0 Å². The van der Waals surface area contributed by atoms with E-state index in [1.807, 2.05) is 13.0 Å². The number of rotatable bonds is 5. The lowest BCUT2D eigenvalue weighted by Crippen LogP contribution is -2.27. The molecular formula is C12H15BrClNO2. The molecule has 0 saturated heterocycles. The number of methoxy groups -OCH3 is 1. The van der Waals surface area contributed by atoms with Crippen LogP contribution in [-0.4, -0.2) is 19.6 Å². The molecule has 0 aliphatic carbocycles. The quantitative estimate of drug-likeness (QED) is 0.846. The SMILES string of the molecule is CCCNC(=O)C(Cl)c1cc(OC)ccc1Br. The predicted octanol–water partition coefficient (Wildman–Crippen LogP) is 3.26. The van der Waals surface area contributed by atoms with Gasteiger partial charge >= 0.3 is 0 Å². The molecule has 0 radical (unpaired) electrons. The second-order valence-electron chi connectivity index (χ2n) is 3.54. The molecule has 0 bridgehead atoms. The maximum absolute atomic E-state index is 11.7. The van der Waals surface area contributed by atoms with Crippen molar-refractivity contribution in [2.24, 2.45) is 0 Å². The molecule has 0 aromatic heterocycles. The van der Waals surface area contributed by atoms with Crippen molar-refractivity contribution in [1.82, 2.24) is 5.32 Å². The van der Waals surface area contributed by atoms with Crippen LogP contribution in [-0.2, 0) is 4.79 Å². The van der Waals surface area contributed by atoms with Crippen molar-refractivity contribution < 1.29 is 9.53 Å². The molecule has 94 valence electrons. The average molecular weight is 321 g/mol. The summed E-state index contributed by atoms with van der Waals surface area (Å²) in [6, 6.07) is 5.38. The highest BCUT2D eigenvalue weighted by Crippen LogP contribution is 2.31. The van der Waals surface area contributed by atoms with Crippen LogP contribution >= 0.6 is 27.5 Å². The van der Waals surface area contributed by atoms with Crippen molar-refractivity contribution in [2.45, 2.75) is 18.7 Å². The minimum absolute atomic E-state index is 0.192. The van der Waals surface area contributed by atoms with Gasteiger partial charge in [0.1, 0.15) is 11.1 Å². The van der Waals surface area contributed by atoms with Gasteiger partial charge in [0.15, 0.2) is 0 Å². The van der Waals surface area contributed by atoms with E-state index < -0.39 is 5.38 Å². The van der Waals surface area contributed by atoms with Crippen LogP contribution in [0.4, 0.5) is 0 Å². The normalized spacial score (nSPS) is 12.0. The Kier molecular flexibility index (Phi) is 5.78. The maximum Gasteiger partial charge on any atom is 0.242 e. The van der Waals surface area contributed by atoms with E-state index in [-0.39, 0.29) is 5.91 Å². The number of ether oxygens (including phenoxy) is 1. The molecule has 1 rings (SSSR count). The monoisotopic (exact) mass is 319 g/mol. The molecule has 3 nitrogen and oxygen atoms in total. The Morgan fingerprint density at radius 1 is 1.59 bits per heavy atom. The number of alkyl halides is 1. The van der Waals surface area contributed by atoms with Gasteiger partial charge in [-0.25, -0.2) is 0 Å². The molecule has 0 heterocycles. The molecule has 0 fully saturated rings. The van der Waals surface area contributed by atoms with Crippen LogP contribution in [0.3, 0.4) is 0 Å². The zero-order valence-electron chi connectivity index (χ0n) is 9.80. The van der Waals surface area contributed by atoms with Crippen LogP contribution in [0.2, 0.25) is 0 Å². The summed E-state index contributed by atoms with van der Waals surface area (Å²) in [5.41, 5.74) is 0.708. The Balaban J connectivity index is 2.86. The molecule has 17 heavy (non-hydrogen) atoms. The minimum Gasteiger partial charge on any atom is -0.497 e. The maximum atomic E-state index is 11.7. The third-order valence-corrected chi connectivity index (χ3v) is 3.41. The van der Waals surface area contributed by atoms with E-state index >= 15 is 0 Å². The first-order chi connectivity index (χ1) is 8.10. The Morgan fingerprint density at radius 2 is 2.29 bits per heavy atom. The molecule has 0 aliphatic heterocycles. The number of carbonyl (C=O) groups excluding carboxylic acids is 1. The first kappa shape index (κ1) is 14.3. The molecule has 1 N–H and O–H groups in total. The van der Waals surface area contributed by atoms with Crippen molar-refractivity contribution in [3.63, 3.8) is 0 Å². The standard InChI is InChI=1S/C12H15BrClNO2/c1-3-6-15-12(16)11(14)9-7-8(17-2)4-5-10(9)13/h4-5,7,11H,3,6H2,1-2H3,(H,15,16). The molecular weight excluding hydrogens is 305 g/mol. The Morgan fingerprint density at radius 3 is 2.88 bits per heavy atom. The van der Waals surface area contributed by atoms with Crippen LogP contribution in [0.5, 0.6) is 5.75 Å². The van der Waals surface area contributed by atoms with Crippen molar-refractivity contribution in [1.29, 1.82) is 0 Å². The Bertz CT molecular complexity index is 398. The van der Waals surface area contributed by atoms with E-state index in [4.69, 9.17) is 16.3 Å². The van der Waals surface area contributed by atoms with Gasteiger partial charge in [-0.3, -0.25) is 4.79 Å². The summed E-state index contributed by atoms with van der Waals surface area (Å²) in [6.45, 7) is 2.62. The van der Waals surface area contributed by atoms with Gasteiger partial charge < -0.3 is 10.1 Å². The largest absolute Gasteiger partial charge is 0.497 e. The van der Waals surface area contributed by atoms with Crippen LogP contribution in [0.1, 0.15) is 24.3 Å². The van der Waals surface area contributed by atoms with E-state index in [0.29, 0.717) is 17.9 Å². The molecule has 0 saturated carbocycles. The summed E-state index contributed by atoms with van der Waals surface area (Å²) in [5, 5.41) is 2.05. The van der Waals surface area contributed by atoms with Crippen molar-refractivity contribution in [3.8, 4) is 5.75 Å². The summed E-state index contributed by atoms with van der Waals surface area (Å²) in [4.78, 5) is 11.7. The number of halogens is 2. The number of amides is 1. The van der Waals surface area contributed by atoms with Crippen molar-refractivity contribution in [3.05, 3.63) is 28.2 Å². The fraction of sp³-hybridized carbons (Fsp3) is 0.417. The van der Waals surface area contributed by atoms with Gasteiger partial charge in [-0.15, -0.1) is 11.6 Å². The lowest BCUT2D eigenvalue weighted by Gasteiger charge is -2.13. The van der Waals surface area contributed by atoms with Crippen LogP contribution < -0.4 is 10.1 Å². The summed E-state index contributed by atoms with van der Waals surface area (Å²) in [6.07, 6.45) is 0.884. The number of hydrogen-bond acceptors (Lipinski definition) is 2. The van der Waals surface area contributed by atoms with E-state index in [1.165, 1.54) is 0 Å². The predicted molar refractivity (Wildman–Crippen MR) is 72.6 cm³/mol. The Hall–Kier alpha value is -0.740. The van der Waals surface area contributed by atoms with Crippen molar-refractivity contribution >= 4 is 33.4 Å². The summed E-state index contributed by atoms with van der Waals surface area (Å²) in [5.74, 6) is 0.486. The highest BCUT2D eigenvalue weighted by atomic mass is 79.9. The molecule has 0 aliphatic rings. The van der Waals surface area contributed by atoms with E-state index in [0.717, 1.165) is 10.9 Å². The van der Waals surface area contributed by atoms with Gasteiger partial charge in [0, 0.05) is 11.0 Å². The van der Waals surface area contributed by atoms with E-state index in [2.05, 4.69) is 21.2 Å². The first-order valence-electron chi connectivity index (χ1n) is 5.35. The summed E-state index contributed by atoms with van der Waals surface area (Å²) in [7, 11) is 1.58. The van der Waals surface area contributed by atoms with E-state index in [9.17, 15) is 4.79 Å². The zero-order valence-corrected chi connectivity index (χ0v) is 12.1. The van der Waals surface area contributed by atoms with E-state index in [1.54, 1.807) is 19.2 Å². The highest BCUT2D eigenvalue weighted by Gasteiger charge is 2.20. The fourth-order valence-electron chi connectivity index (χ4n) is 1.32. The van der Waals surface area contributed by atoms with Crippen LogP contribution in [0.25, 0.3) is 0 Å². The summed E-state index contributed by atoms with van der Waals surface area (Å²) >= 11 is 9.51. The first-order valence-corrected chi connectivity index (χ1v) is 6.58.